The second kappa shape index (κ2) is 11.2. The number of rotatable bonds is 7. The summed E-state index contributed by atoms with van der Waals surface area (Å²) in [5, 5.41) is 3.23. The van der Waals surface area contributed by atoms with Crippen LogP contribution in [-0.2, 0) is 4.79 Å². The van der Waals surface area contributed by atoms with Gasteiger partial charge in [0.25, 0.3) is 5.91 Å². The Morgan fingerprint density at radius 1 is 0.969 bits per heavy atom. The topological polar surface area (TPSA) is 55.9 Å². The molecule has 1 unspecified atom stereocenters. The SMILES string of the molecule is O=C(NCCN1CCCCC1)C(C1CCCC1)N1CCN(C(=O)c2cccc(F)c2)CC1. The van der Waals surface area contributed by atoms with Crippen LogP contribution in [0, 0.1) is 11.7 Å². The zero-order chi connectivity index (χ0) is 22.3. The van der Waals surface area contributed by atoms with Gasteiger partial charge in [0.1, 0.15) is 5.82 Å². The lowest BCUT2D eigenvalue weighted by Gasteiger charge is -2.41. The van der Waals surface area contributed by atoms with Crippen molar-refractivity contribution >= 4 is 11.8 Å². The molecule has 176 valence electrons. The molecule has 1 aromatic rings. The summed E-state index contributed by atoms with van der Waals surface area (Å²) in [5.74, 6) is 0.0267. The quantitative estimate of drug-likeness (QED) is 0.703. The molecule has 32 heavy (non-hydrogen) atoms. The zero-order valence-electron chi connectivity index (χ0n) is 19.1. The molecule has 4 rings (SSSR count). The minimum atomic E-state index is -0.392. The molecule has 1 aliphatic carbocycles. The van der Waals surface area contributed by atoms with Crippen LogP contribution in [-0.4, -0.2) is 84.9 Å². The summed E-state index contributed by atoms with van der Waals surface area (Å²) in [6.45, 7) is 6.42. The third-order valence-corrected chi connectivity index (χ3v) is 7.36. The van der Waals surface area contributed by atoms with E-state index in [1.54, 1.807) is 17.0 Å². The van der Waals surface area contributed by atoms with E-state index in [4.69, 9.17) is 0 Å². The number of piperidine rings is 1. The molecule has 0 aromatic heterocycles. The average Bonchev–Trinajstić information content (AvgIpc) is 3.34. The lowest BCUT2D eigenvalue weighted by Crippen LogP contribution is -2.58. The molecular formula is C25H37FN4O2. The molecule has 2 heterocycles. The Morgan fingerprint density at radius 3 is 2.38 bits per heavy atom. The largest absolute Gasteiger partial charge is 0.353 e. The molecule has 6 nitrogen and oxygen atoms in total. The van der Waals surface area contributed by atoms with Gasteiger partial charge in [0.15, 0.2) is 0 Å². The average molecular weight is 445 g/mol. The van der Waals surface area contributed by atoms with Crippen LogP contribution in [0.3, 0.4) is 0 Å². The van der Waals surface area contributed by atoms with Gasteiger partial charge in [0.05, 0.1) is 6.04 Å². The van der Waals surface area contributed by atoms with E-state index in [2.05, 4.69) is 15.1 Å². The van der Waals surface area contributed by atoms with Gasteiger partial charge in [-0.2, -0.15) is 0 Å². The highest BCUT2D eigenvalue weighted by Crippen LogP contribution is 2.31. The Kier molecular flexibility index (Phi) is 8.14. The summed E-state index contributed by atoms with van der Waals surface area (Å²) >= 11 is 0. The maximum absolute atomic E-state index is 13.5. The van der Waals surface area contributed by atoms with Crippen molar-refractivity contribution in [3.8, 4) is 0 Å². The number of carbonyl (C=O) groups excluding carboxylic acids is 2. The van der Waals surface area contributed by atoms with Gasteiger partial charge < -0.3 is 15.1 Å². The van der Waals surface area contributed by atoms with Gasteiger partial charge in [-0.25, -0.2) is 4.39 Å². The summed E-state index contributed by atoms with van der Waals surface area (Å²) in [5.41, 5.74) is 0.390. The fraction of sp³-hybridized carbons (Fsp3) is 0.680. The normalized spacial score (nSPS) is 22.1. The van der Waals surface area contributed by atoms with Crippen molar-refractivity contribution in [2.24, 2.45) is 5.92 Å². The van der Waals surface area contributed by atoms with Gasteiger partial charge >= 0.3 is 0 Å². The Bertz CT molecular complexity index is 769. The molecular weight excluding hydrogens is 407 g/mol. The van der Waals surface area contributed by atoms with E-state index in [1.165, 1.54) is 44.2 Å². The first-order valence-electron chi connectivity index (χ1n) is 12.4. The number of piperazine rings is 1. The van der Waals surface area contributed by atoms with Crippen LogP contribution >= 0.6 is 0 Å². The van der Waals surface area contributed by atoms with Gasteiger partial charge in [-0.1, -0.05) is 25.3 Å². The highest BCUT2D eigenvalue weighted by Gasteiger charge is 2.37. The van der Waals surface area contributed by atoms with Crippen molar-refractivity contribution in [3.63, 3.8) is 0 Å². The van der Waals surface area contributed by atoms with Crippen molar-refractivity contribution in [2.75, 3.05) is 52.4 Å². The van der Waals surface area contributed by atoms with E-state index in [0.717, 1.165) is 32.5 Å². The summed E-state index contributed by atoms with van der Waals surface area (Å²) in [7, 11) is 0. The molecule has 0 radical (unpaired) electrons. The first-order valence-corrected chi connectivity index (χ1v) is 12.4. The molecule has 2 aliphatic heterocycles. The lowest BCUT2D eigenvalue weighted by molar-refractivity contribution is -0.129. The number of amides is 2. The summed E-state index contributed by atoms with van der Waals surface area (Å²) in [6.07, 6.45) is 8.44. The van der Waals surface area contributed by atoms with Crippen molar-refractivity contribution in [1.82, 2.24) is 20.0 Å². The van der Waals surface area contributed by atoms with E-state index in [9.17, 15) is 14.0 Å². The monoisotopic (exact) mass is 444 g/mol. The first-order chi connectivity index (χ1) is 15.6. The van der Waals surface area contributed by atoms with Crippen LogP contribution < -0.4 is 5.32 Å². The van der Waals surface area contributed by atoms with Crippen molar-refractivity contribution in [1.29, 1.82) is 0 Å². The van der Waals surface area contributed by atoms with Gasteiger partial charge in [-0.05, 0) is 62.9 Å². The number of carbonyl (C=O) groups is 2. The van der Waals surface area contributed by atoms with E-state index < -0.39 is 5.82 Å². The summed E-state index contributed by atoms with van der Waals surface area (Å²) in [4.78, 5) is 32.5. The molecule has 1 atom stereocenters. The molecule has 1 aromatic carbocycles. The molecule has 3 fully saturated rings. The molecule has 0 spiro atoms. The Labute approximate surface area is 191 Å². The first kappa shape index (κ1) is 23.2. The molecule has 1 N–H and O–H groups in total. The van der Waals surface area contributed by atoms with Crippen LogP contribution in [0.25, 0.3) is 0 Å². The molecule has 0 bridgehead atoms. The number of hydrogen-bond acceptors (Lipinski definition) is 4. The fourth-order valence-electron chi connectivity index (χ4n) is 5.58. The van der Waals surface area contributed by atoms with E-state index in [-0.39, 0.29) is 17.9 Å². The van der Waals surface area contributed by atoms with Crippen molar-refractivity contribution < 1.29 is 14.0 Å². The lowest BCUT2D eigenvalue weighted by atomic mass is 9.95. The van der Waals surface area contributed by atoms with Crippen LogP contribution in [0.15, 0.2) is 24.3 Å². The predicted molar refractivity (Wildman–Crippen MR) is 123 cm³/mol. The van der Waals surface area contributed by atoms with E-state index in [1.807, 2.05) is 0 Å². The van der Waals surface area contributed by atoms with E-state index >= 15 is 0 Å². The second-order valence-corrected chi connectivity index (χ2v) is 9.52. The standard InChI is InChI=1S/C25H37FN4O2/c26-22-10-6-9-21(19-22)25(32)30-17-15-29(16-18-30)23(20-7-2-3-8-20)24(31)27-11-14-28-12-4-1-5-13-28/h6,9-10,19-20,23H,1-5,7-8,11-18H2,(H,27,31). The summed E-state index contributed by atoms with van der Waals surface area (Å²) < 4.78 is 13.5. The van der Waals surface area contributed by atoms with E-state index in [0.29, 0.717) is 44.2 Å². The Morgan fingerprint density at radius 2 is 1.69 bits per heavy atom. The number of benzene rings is 1. The van der Waals surface area contributed by atoms with Crippen LogP contribution in [0.1, 0.15) is 55.3 Å². The maximum Gasteiger partial charge on any atom is 0.254 e. The Hall–Kier alpha value is -1.99. The smallest absolute Gasteiger partial charge is 0.254 e. The number of nitrogens with zero attached hydrogens (tertiary/aromatic N) is 3. The molecule has 2 saturated heterocycles. The number of hydrogen-bond donors (Lipinski definition) is 1. The predicted octanol–water partition coefficient (Wildman–Crippen LogP) is 2.74. The van der Waals surface area contributed by atoms with Gasteiger partial charge in [-0.3, -0.25) is 14.5 Å². The molecule has 1 saturated carbocycles. The second-order valence-electron chi connectivity index (χ2n) is 9.52. The van der Waals surface area contributed by atoms with Crippen LogP contribution in [0.2, 0.25) is 0 Å². The molecule has 3 aliphatic rings. The highest BCUT2D eigenvalue weighted by atomic mass is 19.1. The third kappa shape index (κ3) is 5.87. The highest BCUT2D eigenvalue weighted by molar-refractivity contribution is 5.94. The maximum atomic E-state index is 13.5. The number of nitrogens with one attached hydrogen (secondary N) is 1. The van der Waals surface area contributed by atoms with Crippen molar-refractivity contribution in [2.45, 2.75) is 51.0 Å². The molecule has 7 heteroatoms. The minimum Gasteiger partial charge on any atom is -0.353 e. The van der Waals surface area contributed by atoms with Crippen LogP contribution in [0.5, 0.6) is 0 Å². The van der Waals surface area contributed by atoms with Crippen LogP contribution in [0.4, 0.5) is 4.39 Å². The van der Waals surface area contributed by atoms with Gasteiger partial charge in [0, 0.05) is 44.8 Å². The van der Waals surface area contributed by atoms with Gasteiger partial charge in [0.2, 0.25) is 5.91 Å². The zero-order valence-corrected chi connectivity index (χ0v) is 19.1. The number of likely N-dealkylation sites (tertiary alicyclic amines) is 1. The molecule has 2 amide bonds. The fourth-order valence-corrected chi connectivity index (χ4v) is 5.58. The minimum absolute atomic E-state index is 0.106. The Balaban J connectivity index is 1.32. The number of halogens is 1. The summed E-state index contributed by atoms with van der Waals surface area (Å²) in [6, 6.07) is 5.78. The third-order valence-electron chi connectivity index (χ3n) is 7.36. The van der Waals surface area contributed by atoms with Crippen molar-refractivity contribution in [3.05, 3.63) is 35.6 Å². The van der Waals surface area contributed by atoms with Gasteiger partial charge in [-0.15, -0.1) is 0 Å².